The molecule has 0 spiro atoms. The Kier molecular flexibility index (Phi) is 8.57. The molecule has 0 radical (unpaired) electrons. The van der Waals surface area contributed by atoms with E-state index in [9.17, 15) is 19.0 Å². The third kappa shape index (κ3) is 6.63. The van der Waals surface area contributed by atoms with Crippen molar-refractivity contribution in [3.63, 3.8) is 0 Å². The quantitative estimate of drug-likeness (QED) is 0.272. The highest BCUT2D eigenvalue weighted by Crippen LogP contribution is 2.42. The number of fused-ring (bicyclic) bond motifs is 4. The number of aryl methyl sites for hydroxylation is 1. The van der Waals surface area contributed by atoms with Crippen molar-refractivity contribution in [1.82, 2.24) is 4.90 Å². The fourth-order valence-electron chi connectivity index (χ4n) is 6.08. The molecule has 0 saturated carbocycles. The second-order valence-electron chi connectivity index (χ2n) is 11.6. The Balaban J connectivity index is 1.13. The molecular formula is C33H39NO8S. The zero-order valence-corrected chi connectivity index (χ0v) is 25.4. The average Bonchev–Trinajstić information content (AvgIpc) is 3.30. The standard InChI is InChI=1S/C33H39NO8S/c1-21-15-27(39-12-8-34-9-13-43(37,38)14-10-34)17-24-7-11-40-30-6-3-23(16-29(30)31(21)24)19-41-26-4-5-28-25(18-26)20-42-32(28)22(2)33(35)36/h3-6,15-18,22,32,37-38H,7-14,19-20H2,1-2H3,(H,35,36)/t22?,32-/m0/s1. The van der Waals surface area contributed by atoms with E-state index in [4.69, 9.17) is 18.9 Å². The molecule has 10 heteroatoms. The molecule has 230 valence electrons. The number of carbonyl (C=O) groups is 1. The first-order valence-electron chi connectivity index (χ1n) is 14.8. The lowest BCUT2D eigenvalue weighted by atomic mass is 9.92. The molecule has 0 aromatic heterocycles. The maximum Gasteiger partial charge on any atom is 0.309 e. The maximum absolute atomic E-state index is 11.4. The molecule has 3 aliphatic heterocycles. The smallest absolute Gasteiger partial charge is 0.309 e. The Morgan fingerprint density at radius 2 is 1.84 bits per heavy atom. The first-order valence-corrected chi connectivity index (χ1v) is 16.6. The first kappa shape index (κ1) is 29.8. The van der Waals surface area contributed by atoms with Crippen molar-refractivity contribution in [2.75, 3.05) is 44.4 Å². The SMILES string of the molecule is Cc1cc(OCCN2CCS(O)(O)CC2)cc2c1-c1cc(COc3ccc4c(c3)CO[C@H]4C(C)C(=O)O)ccc1OCC2. The van der Waals surface area contributed by atoms with Gasteiger partial charge in [0.15, 0.2) is 0 Å². The van der Waals surface area contributed by atoms with E-state index in [1.54, 1.807) is 6.92 Å². The van der Waals surface area contributed by atoms with Crippen LogP contribution in [0.3, 0.4) is 0 Å². The lowest BCUT2D eigenvalue weighted by Crippen LogP contribution is -2.40. The predicted molar refractivity (Wildman–Crippen MR) is 165 cm³/mol. The summed E-state index contributed by atoms with van der Waals surface area (Å²) in [4.78, 5) is 13.7. The molecule has 0 amide bonds. The highest BCUT2D eigenvalue weighted by molar-refractivity contribution is 8.24. The Morgan fingerprint density at radius 3 is 2.63 bits per heavy atom. The number of carboxylic acid groups (broad SMARTS) is 1. The van der Waals surface area contributed by atoms with E-state index in [1.165, 1.54) is 5.56 Å². The summed E-state index contributed by atoms with van der Waals surface area (Å²) in [5.41, 5.74) is 7.39. The molecular weight excluding hydrogens is 570 g/mol. The molecule has 3 aromatic rings. The predicted octanol–water partition coefficient (Wildman–Crippen LogP) is 5.91. The van der Waals surface area contributed by atoms with E-state index in [-0.39, 0.29) is 0 Å². The average molecular weight is 610 g/mol. The monoisotopic (exact) mass is 609 g/mol. The first-order chi connectivity index (χ1) is 20.7. The van der Waals surface area contributed by atoms with Gasteiger partial charge in [0.1, 0.15) is 30.5 Å². The summed E-state index contributed by atoms with van der Waals surface area (Å²) in [5.74, 6) is 1.79. The minimum atomic E-state index is -2.39. The van der Waals surface area contributed by atoms with Gasteiger partial charge in [-0.05, 0) is 83.6 Å². The summed E-state index contributed by atoms with van der Waals surface area (Å²) >= 11 is 0. The molecule has 3 aromatic carbocycles. The minimum Gasteiger partial charge on any atom is -0.493 e. The van der Waals surface area contributed by atoms with E-state index in [0.29, 0.717) is 56.8 Å². The fraction of sp³-hybridized carbons (Fsp3) is 0.424. The summed E-state index contributed by atoms with van der Waals surface area (Å²) < 4.78 is 43.9. The molecule has 1 unspecified atom stereocenters. The number of carboxylic acids is 1. The van der Waals surface area contributed by atoms with E-state index >= 15 is 0 Å². The molecule has 1 saturated heterocycles. The summed E-state index contributed by atoms with van der Waals surface area (Å²) in [6.07, 6.45) is 0.330. The Bertz CT molecular complexity index is 1500. The van der Waals surface area contributed by atoms with Gasteiger partial charge in [-0.15, -0.1) is 0 Å². The van der Waals surface area contributed by atoms with E-state index in [0.717, 1.165) is 57.8 Å². The Hall–Kier alpha value is -3.28. The molecule has 9 nitrogen and oxygen atoms in total. The lowest BCUT2D eigenvalue weighted by molar-refractivity contribution is -0.146. The van der Waals surface area contributed by atoms with Crippen molar-refractivity contribution < 1.29 is 38.0 Å². The lowest BCUT2D eigenvalue weighted by Gasteiger charge is -2.40. The summed E-state index contributed by atoms with van der Waals surface area (Å²) in [5, 5.41) is 9.39. The Morgan fingerprint density at radius 1 is 1.05 bits per heavy atom. The van der Waals surface area contributed by atoms with Crippen LogP contribution in [-0.4, -0.2) is 69.4 Å². The van der Waals surface area contributed by atoms with Crippen LogP contribution >= 0.6 is 10.6 Å². The molecule has 0 aliphatic carbocycles. The number of aliphatic carboxylic acids is 1. The van der Waals surface area contributed by atoms with Crippen LogP contribution in [0, 0.1) is 12.8 Å². The summed E-state index contributed by atoms with van der Waals surface area (Å²) in [6, 6.07) is 16.1. The van der Waals surface area contributed by atoms with Crippen LogP contribution < -0.4 is 14.2 Å². The number of hydrogen-bond donors (Lipinski definition) is 3. The van der Waals surface area contributed by atoms with Crippen LogP contribution in [0.4, 0.5) is 0 Å². The third-order valence-corrected chi connectivity index (χ3v) is 10.2. The van der Waals surface area contributed by atoms with Crippen molar-refractivity contribution in [2.45, 2.75) is 39.6 Å². The van der Waals surface area contributed by atoms with Crippen molar-refractivity contribution in [1.29, 1.82) is 0 Å². The molecule has 43 heavy (non-hydrogen) atoms. The van der Waals surface area contributed by atoms with Crippen molar-refractivity contribution in [3.05, 3.63) is 76.3 Å². The number of benzene rings is 3. The minimum absolute atomic E-state index is 0.375. The number of hydrogen-bond acceptors (Lipinski definition) is 8. The van der Waals surface area contributed by atoms with Gasteiger partial charge in [0, 0.05) is 31.6 Å². The highest BCUT2D eigenvalue weighted by atomic mass is 32.3. The second-order valence-corrected chi connectivity index (χ2v) is 14.0. The van der Waals surface area contributed by atoms with Crippen LogP contribution in [0.25, 0.3) is 11.1 Å². The van der Waals surface area contributed by atoms with E-state index < -0.39 is 28.6 Å². The van der Waals surface area contributed by atoms with Gasteiger partial charge in [0.05, 0.1) is 36.7 Å². The zero-order chi connectivity index (χ0) is 30.1. The molecule has 3 N–H and O–H groups in total. The largest absolute Gasteiger partial charge is 0.493 e. The second kappa shape index (κ2) is 12.4. The topological polar surface area (TPSA) is 118 Å². The van der Waals surface area contributed by atoms with Crippen molar-refractivity contribution >= 4 is 16.6 Å². The maximum atomic E-state index is 11.4. The van der Waals surface area contributed by atoms with Gasteiger partial charge >= 0.3 is 5.97 Å². The van der Waals surface area contributed by atoms with Crippen LogP contribution in [0.5, 0.6) is 17.2 Å². The van der Waals surface area contributed by atoms with Crippen molar-refractivity contribution in [3.8, 4) is 28.4 Å². The molecule has 3 heterocycles. The highest BCUT2D eigenvalue weighted by Gasteiger charge is 2.32. The van der Waals surface area contributed by atoms with Crippen LogP contribution in [0.15, 0.2) is 48.5 Å². The van der Waals surface area contributed by atoms with Crippen molar-refractivity contribution in [2.24, 2.45) is 5.92 Å². The van der Waals surface area contributed by atoms with Gasteiger partial charge in [-0.25, -0.2) is 0 Å². The molecule has 1 fully saturated rings. The number of ether oxygens (including phenoxy) is 4. The number of rotatable bonds is 9. The molecule has 0 bridgehead atoms. The molecule has 3 aliphatic rings. The van der Waals surface area contributed by atoms with Crippen LogP contribution in [-0.2, 0) is 29.2 Å². The van der Waals surface area contributed by atoms with Gasteiger partial charge in [-0.3, -0.25) is 18.8 Å². The zero-order valence-electron chi connectivity index (χ0n) is 24.6. The van der Waals surface area contributed by atoms with Crippen LogP contribution in [0.2, 0.25) is 0 Å². The Labute approximate surface area is 253 Å². The molecule has 2 atom stereocenters. The fourth-order valence-corrected chi connectivity index (χ4v) is 7.39. The van der Waals surface area contributed by atoms with E-state index in [2.05, 4.69) is 30.0 Å². The molecule has 6 rings (SSSR count). The third-order valence-electron chi connectivity index (χ3n) is 8.57. The van der Waals surface area contributed by atoms with Gasteiger partial charge in [0.2, 0.25) is 0 Å². The van der Waals surface area contributed by atoms with E-state index in [1.807, 2.05) is 30.3 Å². The van der Waals surface area contributed by atoms with Gasteiger partial charge in [-0.2, -0.15) is 10.6 Å². The van der Waals surface area contributed by atoms with Gasteiger partial charge in [0.25, 0.3) is 0 Å². The van der Waals surface area contributed by atoms with Crippen LogP contribution in [0.1, 0.15) is 40.8 Å². The van der Waals surface area contributed by atoms with Gasteiger partial charge < -0.3 is 24.1 Å². The normalized spacial score (nSPS) is 20.5. The number of nitrogens with zero attached hydrogens (tertiary/aromatic N) is 1. The summed E-state index contributed by atoms with van der Waals surface area (Å²) in [7, 11) is -2.39. The van der Waals surface area contributed by atoms with Gasteiger partial charge in [-0.1, -0.05) is 12.1 Å². The summed E-state index contributed by atoms with van der Waals surface area (Å²) in [6.45, 7) is 7.76.